The number of benzene rings is 1. The summed E-state index contributed by atoms with van der Waals surface area (Å²) in [6, 6.07) is 6.98. The van der Waals surface area contributed by atoms with Crippen molar-refractivity contribution in [3.63, 3.8) is 0 Å². The van der Waals surface area contributed by atoms with E-state index >= 15 is 0 Å². The highest BCUT2D eigenvalue weighted by atomic mass is 16.3. The smallest absolute Gasteiger partial charge is 0.261 e. The zero-order valence-electron chi connectivity index (χ0n) is 18.2. The SMILES string of the molecule is CC[C@H](C)[NH+]=C(CCCN1C(=O)c2ccccc2C1=O)C1=C(O)CC(C)(C)CC1=O. The van der Waals surface area contributed by atoms with Crippen LogP contribution in [0, 0.1) is 5.41 Å². The van der Waals surface area contributed by atoms with Crippen LogP contribution in [0.2, 0.25) is 0 Å². The Hall–Kier alpha value is -2.76. The third kappa shape index (κ3) is 4.37. The van der Waals surface area contributed by atoms with Crippen LogP contribution in [0.5, 0.6) is 0 Å². The number of rotatable bonds is 7. The normalized spacial score (nSPS) is 20.1. The Labute approximate surface area is 177 Å². The topological polar surface area (TPSA) is 88.7 Å². The zero-order chi connectivity index (χ0) is 22.1. The number of amides is 2. The second kappa shape index (κ2) is 8.54. The molecule has 1 aromatic carbocycles. The molecule has 2 N–H and O–H groups in total. The molecule has 0 saturated heterocycles. The number of allylic oxidation sites excluding steroid dienone is 2. The number of nitrogens with zero attached hydrogens (tertiary/aromatic N) is 1. The van der Waals surface area contributed by atoms with E-state index in [1.165, 1.54) is 4.90 Å². The summed E-state index contributed by atoms with van der Waals surface area (Å²) in [7, 11) is 0. The quantitative estimate of drug-likeness (QED) is 0.533. The summed E-state index contributed by atoms with van der Waals surface area (Å²) in [5.41, 5.74) is 1.71. The van der Waals surface area contributed by atoms with Gasteiger partial charge in [0, 0.05) is 32.2 Å². The standard InChI is InChI=1S/C24H30N2O4/c1-5-15(2)25-18(21-19(27)13-24(3,4)14-20(21)28)11-8-12-26-22(29)16-9-6-7-10-17(16)23(26)30/h6-7,9-10,15,27H,5,8,11-14H2,1-4H3/p+1/t15-/m0/s1. The van der Waals surface area contributed by atoms with E-state index in [1.54, 1.807) is 24.3 Å². The first-order valence-corrected chi connectivity index (χ1v) is 10.7. The van der Waals surface area contributed by atoms with Gasteiger partial charge in [-0.05, 0) is 30.9 Å². The number of aliphatic hydroxyl groups is 1. The summed E-state index contributed by atoms with van der Waals surface area (Å²) in [4.78, 5) is 42.6. The average molecular weight is 412 g/mol. The van der Waals surface area contributed by atoms with Gasteiger partial charge in [-0.15, -0.1) is 0 Å². The van der Waals surface area contributed by atoms with Gasteiger partial charge in [0.25, 0.3) is 11.8 Å². The molecule has 0 aromatic heterocycles. The van der Waals surface area contributed by atoms with Crippen molar-refractivity contribution in [3.05, 3.63) is 46.7 Å². The molecule has 1 heterocycles. The van der Waals surface area contributed by atoms with Crippen molar-refractivity contribution in [1.82, 2.24) is 4.90 Å². The minimum Gasteiger partial charge on any atom is -0.511 e. The molecule has 2 amide bonds. The van der Waals surface area contributed by atoms with Crippen molar-refractivity contribution >= 4 is 23.3 Å². The van der Waals surface area contributed by atoms with Crippen LogP contribution in [0.3, 0.4) is 0 Å². The Bertz CT molecular complexity index is 907. The highest BCUT2D eigenvalue weighted by molar-refractivity contribution is 6.22. The van der Waals surface area contributed by atoms with E-state index in [1.807, 2.05) is 27.7 Å². The minimum atomic E-state index is -0.274. The molecular weight excluding hydrogens is 380 g/mol. The molecule has 1 aliphatic carbocycles. The van der Waals surface area contributed by atoms with Crippen LogP contribution in [-0.4, -0.2) is 45.9 Å². The maximum atomic E-state index is 12.8. The van der Waals surface area contributed by atoms with Crippen LogP contribution in [0.15, 0.2) is 35.6 Å². The van der Waals surface area contributed by atoms with Crippen LogP contribution in [0.25, 0.3) is 0 Å². The van der Waals surface area contributed by atoms with E-state index in [9.17, 15) is 19.5 Å². The third-order valence-corrected chi connectivity index (χ3v) is 5.87. The predicted octanol–water partition coefficient (Wildman–Crippen LogP) is 2.58. The predicted molar refractivity (Wildman–Crippen MR) is 114 cm³/mol. The summed E-state index contributed by atoms with van der Waals surface area (Å²) in [5.74, 6) is -0.479. The lowest BCUT2D eigenvalue weighted by molar-refractivity contribution is -0.499. The summed E-state index contributed by atoms with van der Waals surface area (Å²) in [6.45, 7) is 8.29. The molecule has 6 heteroatoms. The van der Waals surface area contributed by atoms with Crippen LogP contribution in [0.4, 0.5) is 0 Å². The molecule has 0 saturated carbocycles. The summed E-state index contributed by atoms with van der Waals surface area (Å²) in [6.07, 6.45) is 2.70. The summed E-state index contributed by atoms with van der Waals surface area (Å²) >= 11 is 0. The number of hydrogen-bond acceptors (Lipinski definition) is 4. The lowest BCUT2D eigenvalue weighted by Gasteiger charge is -2.29. The Morgan fingerprint density at radius 1 is 1.13 bits per heavy atom. The maximum absolute atomic E-state index is 12.8. The first-order valence-electron chi connectivity index (χ1n) is 10.7. The average Bonchev–Trinajstić information content (AvgIpc) is 2.91. The van der Waals surface area contributed by atoms with Gasteiger partial charge in [0.1, 0.15) is 17.4 Å². The molecule has 0 fully saturated rings. The van der Waals surface area contributed by atoms with E-state index in [2.05, 4.69) is 4.99 Å². The number of ketones is 1. The molecule has 160 valence electrons. The second-order valence-corrected chi connectivity index (χ2v) is 9.11. The molecule has 1 aromatic rings. The second-order valence-electron chi connectivity index (χ2n) is 9.11. The number of carbonyl (C=O) groups excluding carboxylic acids is 3. The van der Waals surface area contributed by atoms with E-state index in [0.717, 1.165) is 6.42 Å². The number of carbonyl (C=O) groups is 3. The zero-order valence-corrected chi connectivity index (χ0v) is 18.2. The van der Waals surface area contributed by atoms with Gasteiger partial charge >= 0.3 is 0 Å². The van der Waals surface area contributed by atoms with Crippen molar-refractivity contribution in [1.29, 1.82) is 0 Å². The lowest BCUT2D eigenvalue weighted by Crippen LogP contribution is -2.79. The minimum absolute atomic E-state index is 0.0599. The molecule has 1 aliphatic heterocycles. The van der Waals surface area contributed by atoms with Gasteiger partial charge < -0.3 is 5.11 Å². The van der Waals surface area contributed by atoms with Gasteiger partial charge in [-0.25, -0.2) is 4.99 Å². The number of fused-ring (bicyclic) bond motifs is 1. The Morgan fingerprint density at radius 2 is 1.73 bits per heavy atom. The molecule has 0 spiro atoms. The number of nitrogens with one attached hydrogen (secondary N) is 1. The number of Topliss-reactive ketones (excluding diaryl/α,β-unsaturated/α-hetero) is 1. The summed E-state index contributed by atoms with van der Waals surface area (Å²) < 4.78 is 0. The maximum Gasteiger partial charge on any atom is 0.261 e. The van der Waals surface area contributed by atoms with E-state index < -0.39 is 0 Å². The van der Waals surface area contributed by atoms with Crippen LogP contribution >= 0.6 is 0 Å². The molecule has 1 atom stereocenters. The molecule has 6 nitrogen and oxygen atoms in total. The van der Waals surface area contributed by atoms with E-state index in [-0.39, 0.29) is 41.4 Å². The highest BCUT2D eigenvalue weighted by Crippen LogP contribution is 2.36. The van der Waals surface area contributed by atoms with Crippen LogP contribution in [0.1, 0.15) is 80.5 Å². The van der Waals surface area contributed by atoms with Gasteiger partial charge in [0.05, 0.1) is 11.1 Å². The molecular formula is C24H31N2O4+. The number of aliphatic hydroxyl groups excluding tert-OH is 1. The van der Waals surface area contributed by atoms with E-state index in [4.69, 9.17) is 0 Å². The Morgan fingerprint density at radius 3 is 2.27 bits per heavy atom. The molecule has 0 unspecified atom stereocenters. The summed E-state index contributed by atoms with van der Waals surface area (Å²) in [5, 5.41) is 10.6. The van der Waals surface area contributed by atoms with Crippen molar-refractivity contribution < 1.29 is 24.5 Å². The Kier molecular flexibility index (Phi) is 6.25. The van der Waals surface area contributed by atoms with Crippen LogP contribution in [-0.2, 0) is 4.79 Å². The van der Waals surface area contributed by atoms with Crippen molar-refractivity contribution in [2.24, 2.45) is 5.41 Å². The van der Waals surface area contributed by atoms with Crippen molar-refractivity contribution in [3.8, 4) is 0 Å². The highest BCUT2D eigenvalue weighted by Gasteiger charge is 2.38. The molecule has 0 bridgehead atoms. The monoisotopic (exact) mass is 411 g/mol. The van der Waals surface area contributed by atoms with Crippen molar-refractivity contribution in [2.75, 3.05) is 6.54 Å². The van der Waals surface area contributed by atoms with E-state index in [0.29, 0.717) is 48.1 Å². The fourth-order valence-electron chi connectivity index (χ4n) is 4.16. The number of imide groups is 1. The fourth-order valence-corrected chi connectivity index (χ4v) is 4.16. The molecule has 0 radical (unpaired) electrons. The largest absolute Gasteiger partial charge is 0.511 e. The molecule has 3 rings (SSSR count). The molecule has 2 aliphatic rings. The fraction of sp³-hybridized carbons (Fsp3) is 0.500. The van der Waals surface area contributed by atoms with Gasteiger partial charge in [0.2, 0.25) is 0 Å². The first-order chi connectivity index (χ1) is 14.1. The lowest BCUT2D eigenvalue weighted by atomic mass is 9.75. The van der Waals surface area contributed by atoms with Gasteiger partial charge in [-0.1, -0.05) is 32.9 Å². The van der Waals surface area contributed by atoms with Gasteiger partial charge in [0.15, 0.2) is 11.5 Å². The Balaban J connectivity index is 1.77. The first kappa shape index (κ1) is 21.9. The van der Waals surface area contributed by atoms with Crippen molar-refractivity contribution in [2.45, 2.75) is 65.8 Å². The molecule has 30 heavy (non-hydrogen) atoms. The van der Waals surface area contributed by atoms with Gasteiger partial charge in [-0.2, -0.15) is 0 Å². The number of hydrogen-bond donors (Lipinski definition) is 2. The van der Waals surface area contributed by atoms with Crippen LogP contribution < -0.4 is 4.99 Å². The van der Waals surface area contributed by atoms with Gasteiger partial charge in [-0.3, -0.25) is 19.3 Å². The third-order valence-electron chi connectivity index (χ3n) is 5.87.